The highest BCUT2D eigenvalue weighted by molar-refractivity contribution is 4.94. The largest absolute Gasteiger partial charge is 0.324 e. The maximum absolute atomic E-state index is 6.65. The Hall–Kier alpha value is -0.0800. The van der Waals surface area contributed by atoms with Crippen molar-refractivity contribution in [1.82, 2.24) is 4.90 Å². The van der Waals surface area contributed by atoms with Crippen LogP contribution in [-0.2, 0) is 0 Å². The molecule has 1 aliphatic heterocycles. The topological polar surface area (TPSA) is 29.3 Å². The van der Waals surface area contributed by atoms with E-state index in [4.69, 9.17) is 5.73 Å². The highest BCUT2D eigenvalue weighted by Gasteiger charge is 2.35. The van der Waals surface area contributed by atoms with Gasteiger partial charge in [0.15, 0.2) is 0 Å². The van der Waals surface area contributed by atoms with Crippen LogP contribution in [0.15, 0.2) is 0 Å². The SMILES string of the molecule is CC1CCC(C)N(CC2(N)CCCC(C)C2)C1. The number of hydrogen-bond acceptors (Lipinski definition) is 2. The fourth-order valence-corrected chi connectivity index (χ4v) is 3.85. The van der Waals surface area contributed by atoms with Crippen LogP contribution in [0.4, 0.5) is 0 Å². The van der Waals surface area contributed by atoms with Crippen molar-refractivity contribution < 1.29 is 0 Å². The molecule has 0 aromatic rings. The summed E-state index contributed by atoms with van der Waals surface area (Å²) in [5, 5.41) is 0. The van der Waals surface area contributed by atoms with Gasteiger partial charge in [0.1, 0.15) is 0 Å². The predicted molar refractivity (Wildman–Crippen MR) is 74.0 cm³/mol. The summed E-state index contributed by atoms with van der Waals surface area (Å²) in [7, 11) is 0. The van der Waals surface area contributed by atoms with E-state index in [1.54, 1.807) is 0 Å². The lowest BCUT2D eigenvalue weighted by Crippen LogP contribution is -2.56. The van der Waals surface area contributed by atoms with Gasteiger partial charge in [-0.15, -0.1) is 0 Å². The standard InChI is InChI=1S/C15H30N2/c1-12-5-4-8-15(16,9-12)11-17-10-13(2)6-7-14(17)3/h12-14H,4-11,16H2,1-3H3. The monoisotopic (exact) mass is 238 g/mol. The first-order valence-corrected chi connectivity index (χ1v) is 7.51. The van der Waals surface area contributed by atoms with Crippen LogP contribution in [0.5, 0.6) is 0 Å². The van der Waals surface area contributed by atoms with Gasteiger partial charge in [-0.3, -0.25) is 4.90 Å². The van der Waals surface area contributed by atoms with Crippen LogP contribution in [0.3, 0.4) is 0 Å². The number of rotatable bonds is 2. The van der Waals surface area contributed by atoms with Crippen molar-refractivity contribution in [2.24, 2.45) is 17.6 Å². The van der Waals surface area contributed by atoms with E-state index in [2.05, 4.69) is 25.7 Å². The average molecular weight is 238 g/mol. The number of likely N-dealkylation sites (tertiary alicyclic amines) is 1. The Morgan fingerprint density at radius 1 is 1.12 bits per heavy atom. The third-order valence-corrected chi connectivity index (χ3v) is 4.89. The first-order chi connectivity index (χ1) is 7.98. The van der Waals surface area contributed by atoms with Gasteiger partial charge in [0.25, 0.3) is 0 Å². The number of nitrogens with zero attached hydrogens (tertiary/aromatic N) is 1. The van der Waals surface area contributed by atoms with E-state index < -0.39 is 0 Å². The van der Waals surface area contributed by atoms with Gasteiger partial charge in [-0.05, 0) is 44.4 Å². The molecular formula is C15H30N2. The molecule has 0 aromatic heterocycles. The van der Waals surface area contributed by atoms with Crippen molar-refractivity contribution in [1.29, 1.82) is 0 Å². The van der Waals surface area contributed by atoms with Gasteiger partial charge in [-0.2, -0.15) is 0 Å². The zero-order valence-corrected chi connectivity index (χ0v) is 11.9. The Balaban J connectivity index is 1.93. The molecule has 2 nitrogen and oxygen atoms in total. The lowest BCUT2D eigenvalue weighted by molar-refractivity contribution is 0.0753. The van der Waals surface area contributed by atoms with Gasteiger partial charge < -0.3 is 5.73 Å². The van der Waals surface area contributed by atoms with Crippen molar-refractivity contribution in [3.63, 3.8) is 0 Å². The minimum atomic E-state index is 0.100. The second-order valence-corrected chi connectivity index (χ2v) is 7.02. The first kappa shape index (κ1) is 13.4. The molecule has 2 aliphatic rings. The second kappa shape index (κ2) is 5.27. The quantitative estimate of drug-likeness (QED) is 0.801. The van der Waals surface area contributed by atoms with Crippen molar-refractivity contribution >= 4 is 0 Å². The maximum Gasteiger partial charge on any atom is 0.0286 e. The summed E-state index contributed by atoms with van der Waals surface area (Å²) in [6, 6.07) is 0.740. The van der Waals surface area contributed by atoms with Crippen LogP contribution in [0, 0.1) is 11.8 Å². The Labute approximate surface area is 107 Å². The third-order valence-electron chi connectivity index (χ3n) is 4.89. The van der Waals surface area contributed by atoms with Crippen molar-refractivity contribution in [2.45, 2.75) is 70.9 Å². The number of piperidine rings is 1. The van der Waals surface area contributed by atoms with Crippen LogP contribution in [0.2, 0.25) is 0 Å². The van der Waals surface area contributed by atoms with Crippen molar-refractivity contribution in [3.05, 3.63) is 0 Å². The summed E-state index contributed by atoms with van der Waals surface area (Å²) in [6.45, 7) is 9.51. The van der Waals surface area contributed by atoms with Gasteiger partial charge in [-0.1, -0.05) is 26.7 Å². The molecule has 1 aliphatic carbocycles. The smallest absolute Gasteiger partial charge is 0.0286 e. The summed E-state index contributed by atoms with van der Waals surface area (Å²) >= 11 is 0. The lowest BCUT2D eigenvalue weighted by atomic mass is 9.76. The van der Waals surface area contributed by atoms with Gasteiger partial charge in [0.05, 0.1) is 0 Å². The first-order valence-electron chi connectivity index (χ1n) is 7.51. The summed E-state index contributed by atoms with van der Waals surface area (Å²) < 4.78 is 0. The molecule has 1 heterocycles. The Morgan fingerprint density at radius 3 is 2.59 bits per heavy atom. The molecule has 4 atom stereocenters. The third kappa shape index (κ3) is 3.45. The molecule has 0 spiro atoms. The molecule has 2 heteroatoms. The van der Waals surface area contributed by atoms with Gasteiger partial charge in [-0.25, -0.2) is 0 Å². The van der Waals surface area contributed by atoms with E-state index in [0.29, 0.717) is 0 Å². The normalized spacial score (nSPS) is 44.8. The molecule has 1 saturated heterocycles. The molecule has 0 radical (unpaired) electrons. The fourth-order valence-electron chi connectivity index (χ4n) is 3.85. The molecule has 4 unspecified atom stereocenters. The minimum Gasteiger partial charge on any atom is -0.324 e. The van der Waals surface area contributed by atoms with Crippen molar-refractivity contribution in [3.8, 4) is 0 Å². The zero-order chi connectivity index (χ0) is 12.5. The number of nitrogens with two attached hydrogens (primary N) is 1. The predicted octanol–water partition coefficient (Wildman–Crippen LogP) is 3.01. The molecule has 2 N–H and O–H groups in total. The van der Waals surface area contributed by atoms with Crippen LogP contribution in [0.1, 0.15) is 59.3 Å². The molecule has 100 valence electrons. The summed E-state index contributed by atoms with van der Waals surface area (Å²) in [5.41, 5.74) is 6.75. The van der Waals surface area contributed by atoms with E-state index in [9.17, 15) is 0 Å². The van der Waals surface area contributed by atoms with Crippen LogP contribution in [-0.4, -0.2) is 29.6 Å². The summed E-state index contributed by atoms with van der Waals surface area (Å²) in [4.78, 5) is 2.66. The summed E-state index contributed by atoms with van der Waals surface area (Å²) in [5.74, 6) is 1.68. The van der Waals surface area contributed by atoms with Gasteiger partial charge in [0, 0.05) is 24.7 Å². The summed E-state index contributed by atoms with van der Waals surface area (Å²) in [6.07, 6.45) is 7.92. The highest BCUT2D eigenvalue weighted by atomic mass is 15.2. The fraction of sp³-hybridized carbons (Fsp3) is 1.00. The molecule has 0 aromatic carbocycles. The zero-order valence-electron chi connectivity index (χ0n) is 11.9. The maximum atomic E-state index is 6.65. The molecule has 2 fully saturated rings. The molecule has 0 amide bonds. The van der Waals surface area contributed by atoms with Gasteiger partial charge >= 0.3 is 0 Å². The number of hydrogen-bond donors (Lipinski definition) is 1. The van der Waals surface area contributed by atoms with Crippen molar-refractivity contribution in [2.75, 3.05) is 13.1 Å². The van der Waals surface area contributed by atoms with E-state index in [1.165, 1.54) is 45.1 Å². The Kier molecular flexibility index (Phi) is 4.14. The van der Waals surface area contributed by atoms with E-state index in [-0.39, 0.29) is 5.54 Å². The minimum absolute atomic E-state index is 0.100. The van der Waals surface area contributed by atoms with E-state index in [0.717, 1.165) is 24.4 Å². The lowest BCUT2D eigenvalue weighted by Gasteiger charge is -2.45. The molecule has 1 saturated carbocycles. The van der Waals surface area contributed by atoms with Crippen LogP contribution in [0.25, 0.3) is 0 Å². The second-order valence-electron chi connectivity index (χ2n) is 7.02. The van der Waals surface area contributed by atoms with E-state index in [1.807, 2.05) is 0 Å². The molecular weight excluding hydrogens is 208 g/mol. The average Bonchev–Trinajstić information content (AvgIpc) is 2.22. The Bertz CT molecular complexity index is 253. The van der Waals surface area contributed by atoms with Crippen LogP contribution < -0.4 is 5.73 Å². The molecule has 17 heavy (non-hydrogen) atoms. The molecule has 2 rings (SSSR count). The molecule has 0 bridgehead atoms. The van der Waals surface area contributed by atoms with E-state index >= 15 is 0 Å². The van der Waals surface area contributed by atoms with Gasteiger partial charge in [0.2, 0.25) is 0 Å². The highest BCUT2D eigenvalue weighted by Crippen LogP contribution is 2.33. The van der Waals surface area contributed by atoms with Crippen LogP contribution >= 0.6 is 0 Å². The Morgan fingerprint density at radius 2 is 1.88 bits per heavy atom.